The van der Waals surface area contributed by atoms with Crippen LogP contribution in [0.1, 0.15) is 27.7 Å². The van der Waals surface area contributed by atoms with Gasteiger partial charge in [-0.2, -0.15) is 0 Å². The molecule has 1 atom stereocenters. The summed E-state index contributed by atoms with van der Waals surface area (Å²) >= 11 is 0. The molecule has 0 aliphatic carbocycles. The zero-order chi connectivity index (χ0) is 13.7. The highest BCUT2D eigenvalue weighted by molar-refractivity contribution is 6.31. The number of hydrogen-bond acceptors (Lipinski definition) is 4. The average molecular weight is 230 g/mol. The summed E-state index contributed by atoms with van der Waals surface area (Å²) in [4.78, 5) is 28.8. The quantitative estimate of drug-likeness (QED) is 0.544. The minimum atomic E-state index is -1.38. The van der Waals surface area contributed by atoms with Crippen molar-refractivity contribution in [1.29, 1.82) is 0 Å². The van der Waals surface area contributed by atoms with Crippen LogP contribution in [0.15, 0.2) is 18.4 Å². The Kier molecular flexibility index (Phi) is 16.4. The van der Waals surface area contributed by atoms with Crippen LogP contribution in [0.25, 0.3) is 0 Å². The Bertz CT molecular complexity index is 260. The lowest BCUT2D eigenvalue weighted by molar-refractivity contribution is -0.148. The molecule has 2 N–H and O–H groups in total. The lowest BCUT2D eigenvalue weighted by atomic mass is 10.3. The molecule has 5 nitrogen and oxygen atoms in total. The number of hydrogen-bond donors (Lipinski definition) is 2. The van der Waals surface area contributed by atoms with Gasteiger partial charge in [0.1, 0.15) is 6.10 Å². The minimum Gasteiger partial charge on any atom is -0.476 e. The Labute approximate surface area is 95.1 Å². The van der Waals surface area contributed by atoms with Crippen molar-refractivity contribution < 1.29 is 24.6 Å². The predicted molar refractivity (Wildman–Crippen MR) is 60.1 cm³/mol. The Morgan fingerprint density at radius 2 is 1.50 bits per heavy atom. The van der Waals surface area contributed by atoms with Crippen molar-refractivity contribution in [1.82, 2.24) is 0 Å². The highest BCUT2D eigenvalue weighted by Crippen LogP contribution is 1.76. The fraction of sp³-hybridized carbons (Fsp3) is 0.455. The number of rotatable bonds is 2. The van der Waals surface area contributed by atoms with Crippen molar-refractivity contribution in [3.05, 3.63) is 18.4 Å². The molecule has 0 saturated carbocycles. The number of aliphatic hydroxyl groups excluding tert-OH is 1. The van der Waals surface area contributed by atoms with Gasteiger partial charge in [-0.3, -0.25) is 9.59 Å². The normalized spacial score (nSPS) is 9.06. The molecule has 0 saturated heterocycles. The fourth-order valence-corrected chi connectivity index (χ4v) is 0. The summed E-state index contributed by atoms with van der Waals surface area (Å²) in [6, 6.07) is 0. The third kappa shape index (κ3) is 29.5. The standard InChI is InChI=1S/C4H8O2.C4H6.C3H4O3/c1-3(5)4(2)6;1-3-4-2;1-2(4)3(5)6/h3,5H,1-2H3;4H,1H2,2H3;1H3,(H,5,6). The Hall–Kier alpha value is -1.71. The summed E-state index contributed by atoms with van der Waals surface area (Å²) in [6.45, 7) is 8.98. The zero-order valence-electron chi connectivity index (χ0n) is 9.98. The maximum atomic E-state index is 9.89. The minimum absolute atomic E-state index is 0.185. The molecule has 0 aliphatic rings. The molecule has 0 aromatic carbocycles. The first-order chi connectivity index (χ1) is 7.20. The molecule has 0 amide bonds. The highest BCUT2D eigenvalue weighted by Gasteiger charge is 1.99. The highest BCUT2D eigenvalue weighted by atomic mass is 16.4. The van der Waals surface area contributed by atoms with Gasteiger partial charge in [0, 0.05) is 6.92 Å². The molecule has 0 rings (SSSR count). The number of aliphatic hydroxyl groups is 1. The first kappa shape index (κ1) is 19.8. The number of carbonyl (C=O) groups is 3. The van der Waals surface area contributed by atoms with Crippen LogP contribution in [0.2, 0.25) is 0 Å². The zero-order valence-corrected chi connectivity index (χ0v) is 9.98. The Morgan fingerprint density at radius 3 is 1.50 bits per heavy atom. The number of aliphatic carboxylic acids is 1. The van der Waals surface area contributed by atoms with Crippen LogP contribution < -0.4 is 0 Å². The molecule has 92 valence electrons. The van der Waals surface area contributed by atoms with Crippen LogP contribution in [0.4, 0.5) is 0 Å². The van der Waals surface area contributed by atoms with Crippen LogP contribution in [-0.2, 0) is 14.4 Å². The molecule has 1 unspecified atom stereocenters. The van der Waals surface area contributed by atoms with Gasteiger partial charge in [-0.05, 0) is 26.8 Å². The number of carboxylic acids is 1. The van der Waals surface area contributed by atoms with E-state index in [1.807, 2.05) is 6.92 Å². The van der Waals surface area contributed by atoms with Crippen molar-refractivity contribution in [2.45, 2.75) is 33.8 Å². The van der Waals surface area contributed by atoms with E-state index in [-0.39, 0.29) is 5.78 Å². The van der Waals surface area contributed by atoms with E-state index in [1.54, 1.807) is 6.08 Å². The van der Waals surface area contributed by atoms with E-state index in [0.717, 1.165) is 6.92 Å². The molecular weight excluding hydrogens is 212 g/mol. The van der Waals surface area contributed by atoms with Gasteiger partial charge in [-0.25, -0.2) is 4.79 Å². The van der Waals surface area contributed by atoms with Gasteiger partial charge in [0.15, 0.2) is 5.78 Å². The number of carboxylic acid groups (broad SMARTS) is 1. The monoisotopic (exact) mass is 230 g/mol. The maximum Gasteiger partial charge on any atom is 0.371 e. The largest absolute Gasteiger partial charge is 0.476 e. The van der Waals surface area contributed by atoms with E-state index in [2.05, 4.69) is 12.3 Å². The molecule has 0 aliphatic heterocycles. The van der Waals surface area contributed by atoms with Crippen LogP contribution >= 0.6 is 0 Å². The average Bonchev–Trinajstić information content (AvgIpc) is 2.18. The summed E-state index contributed by atoms with van der Waals surface area (Å²) in [5.41, 5.74) is 2.56. The van der Waals surface area contributed by atoms with Gasteiger partial charge in [-0.1, -0.05) is 6.58 Å². The van der Waals surface area contributed by atoms with Gasteiger partial charge in [0.25, 0.3) is 0 Å². The van der Waals surface area contributed by atoms with Gasteiger partial charge < -0.3 is 10.2 Å². The topological polar surface area (TPSA) is 91.7 Å². The van der Waals surface area contributed by atoms with Gasteiger partial charge >= 0.3 is 5.97 Å². The summed E-state index contributed by atoms with van der Waals surface area (Å²) in [6.07, 6.45) is 0.977. The van der Waals surface area contributed by atoms with E-state index in [0.29, 0.717) is 0 Å². The van der Waals surface area contributed by atoms with Gasteiger partial charge in [-0.15, -0.1) is 5.73 Å². The van der Waals surface area contributed by atoms with Crippen molar-refractivity contribution in [3.63, 3.8) is 0 Å². The molecule has 16 heavy (non-hydrogen) atoms. The molecular formula is C11H18O5. The molecule has 0 fully saturated rings. The lowest BCUT2D eigenvalue weighted by Gasteiger charge is -1.90. The second kappa shape index (κ2) is 13.3. The molecule has 5 heteroatoms. The predicted octanol–water partition coefficient (Wildman–Crippen LogP) is 0.964. The van der Waals surface area contributed by atoms with Gasteiger partial charge in [0.2, 0.25) is 5.78 Å². The summed E-state index contributed by atoms with van der Waals surface area (Å²) in [7, 11) is 0. The lowest BCUT2D eigenvalue weighted by Crippen LogP contribution is -2.10. The van der Waals surface area contributed by atoms with Crippen LogP contribution in [0.3, 0.4) is 0 Å². The van der Waals surface area contributed by atoms with Crippen molar-refractivity contribution in [2.24, 2.45) is 0 Å². The fourth-order valence-electron chi connectivity index (χ4n) is 0. The number of allylic oxidation sites excluding steroid dienone is 1. The molecule has 0 aromatic rings. The summed E-state index contributed by atoms with van der Waals surface area (Å²) < 4.78 is 0. The maximum absolute atomic E-state index is 9.89. The van der Waals surface area contributed by atoms with Crippen molar-refractivity contribution in [2.75, 3.05) is 0 Å². The summed E-state index contributed by atoms with van der Waals surface area (Å²) in [5, 5.41) is 15.9. The second-order valence-corrected chi connectivity index (χ2v) is 2.64. The van der Waals surface area contributed by atoms with E-state index in [9.17, 15) is 14.4 Å². The van der Waals surface area contributed by atoms with E-state index < -0.39 is 17.9 Å². The van der Waals surface area contributed by atoms with Gasteiger partial charge in [0.05, 0.1) is 0 Å². The van der Waals surface area contributed by atoms with E-state index >= 15 is 0 Å². The molecule has 0 radical (unpaired) electrons. The van der Waals surface area contributed by atoms with E-state index in [4.69, 9.17) is 10.2 Å². The number of ketones is 2. The SMILES string of the molecule is C=C=CC.CC(=O)C(=O)O.CC(=O)C(C)O. The number of Topliss-reactive ketones (excluding diaryl/α,β-unsaturated/α-hetero) is 2. The number of carbonyl (C=O) groups excluding carboxylic acids is 2. The molecule has 0 heterocycles. The first-order valence-corrected chi connectivity index (χ1v) is 4.43. The summed E-state index contributed by atoms with van der Waals surface area (Å²) in [5.74, 6) is -2.39. The van der Waals surface area contributed by atoms with Crippen LogP contribution in [0, 0.1) is 0 Å². The third-order valence-corrected chi connectivity index (χ3v) is 1.09. The Balaban J connectivity index is -0.000000162. The molecule has 0 spiro atoms. The van der Waals surface area contributed by atoms with E-state index in [1.165, 1.54) is 13.8 Å². The van der Waals surface area contributed by atoms with Crippen molar-refractivity contribution in [3.8, 4) is 0 Å². The molecule has 0 bridgehead atoms. The first-order valence-electron chi connectivity index (χ1n) is 4.43. The second-order valence-electron chi connectivity index (χ2n) is 2.64. The van der Waals surface area contributed by atoms with Crippen LogP contribution in [0.5, 0.6) is 0 Å². The Morgan fingerprint density at radius 1 is 1.31 bits per heavy atom. The molecule has 0 aromatic heterocycles. The van der Waals surface area contributed by atoms with Crippen LogP contribution in [-0.4, -0.2) is 33.9 Å². The van der Waals surface area contributed by atoms with Crippen molar-refractivity contribution >= 4 is 17.5 Å². The third-order valence-electron chi connectivity index (χ3n) is 1.09. The smallest absolute Gasteiger partial charge is 0.371 e.